The van der Waals surface area contributed by atoms with Crippen molar-refractivity contribution in [3.8, 4) is 0 Å². The molecule has 2 N–H and O–H groups in total. The second-order valence-corrected chi connectivity index (χ2v) is 8.28. The summed E-state index contributed by atoms with van der Waals surface area (Å²) >= 11 is 0. The monoisotopic (exact) mass is 322 g/mol. The first-order valence-corrected chi connectivity index (χ1v) is 8.54. The van der Waals surface area contributed by atoms with Crippen LogP contribution < -0.4 is 0 Å². The van der Waals surface area contributed by atoms with Crippen molar-refractivity contribution in [2.75, 3.05) is 0 Å². The summed E-state index contributed by atoms with van der Waals surface area (Å²) in [6, 6.07) is 0. The lowest BCUT2D eigenvalue weighted by molar-refractivity contribution is -0.127. The van der Waals surface area contributed by atoms with Crippen molar-refractivity contribution in [3.63, 3.8) is 0 Å². The van der Waals surface area contributed by atoms with Crippen LogP contribution in [0.2, 0.25) is 0 Å². The number of allylic oxidation sites excluding steroid dienone is 5. The van der Waals surface area contributed by atoms with Crippen LogP contribution in [-0.2, 0) is 0 Å². The van der Waals surface area contributed by atoms with Gasteiger partial charge >= 0.3 is 0 Å². The summed E-state index contributed by atoms with van der Waals surface area (Å²) in [5.74, 6) is -0.283. The van der Waals surface area contributed by atoms with Crippen molar-refractivity contribution in [2.45, 2.75) is 57.5 Å². The van der Waals surface area contributed by atoms with E-state index < -0.39 is 28.8 Å². The molecule has 0 saturated heterocycles. The van der Waals surface area contributed by atoms with Gasteiger partial charge < -0.3 is 10.2 Å². The molecule has 7 atom stereocenters. The summed E-state index contributed by atoms with van der Waals surface area (Å²) in [4.78, 5) is 0. The summed E-state index contributed by atoms with van der Waals surface area (Å²) in [5.41, 5.74) is -1.96. The molecule has 4 heteroatoms. The molecule has 4 aliphatic rings. The van der Waals surface area contributed by atoms with Crippen LogP contribution in [-0.4, -0.2) is 28.2 Å². The lowest BCUT2D eigenvalue weighted by Gasteiger charge is -2.58. The standard InChI is InChI=1S/C19H24F2O2/c1-17-7-8-19(21)13(14(17)10-15(20)16(17)23)4-3-11-9-12(22)5-6-18(11,19)2/h3,5-6,9,13-16,22-23H,4,7-8,10H2,1-2H3/t13-,14-,15+,16-,17-,18-,19-/m0/s1. The number of alkyl halides is 2. The number of aliphatic hydroxyl groups excluding tert-OH is 2. The lowest BCUT2D eigenvalue weighted by atomic mass is 9.48. The molecule has 2 fully saturated rings. The zero-order valence-corrected chi connectivity index (χ0v) is 13.6. The molecule has 0 amide bonds. The Morgan fingerprint density at radius 1 is 1.22 bits per heavy atom. The Hall–Kier alpha value is -1.16. The first kappa shape index (κ1) is 15.4. The van der Waals surface area contributed by atoms with E-state index in [0.29, 0.717) is 19.3 Å². The van der Waals surface area contributed by atoms with Gasteiger partial charge in [-0.05, 0) is 61.7 Å². The van der Waals surface area contributed by atoms with Crippen molar-refractivity contribution in [1.29, 1.82) is 0 Å². The average Bonchev–Trinajstić information content (AvgIpc) is 2.73. The van der Waals surface area contributed by atoms with Crippen LogP contribution >= 0.6 is 0 Å². The SMILES string of the molecule is C[C@]12CC[C@]3(F)[C@@H](CC=C4C=C(O)C=C[C@@]43C)[C@@H]1C[C@@H](F)[C@@H]2O. The van der Waals surface area contributed by atoms with Crippen molar-refractivity contribution in [2.24, 2.45) is 22.7 Å². The fourth-order valence-corrected chi connectivity index (χ4v) is 5.79. The molecule has 0 aliphatic heterocycles. The molecule has 0 bridgehead atoms. The third kappa shape index (κ3) is 1.71. The van der Waals surface area contributed by atoms with Gasteiger partial charge in [-0.25, -0.2) is 8.78 Å². The second kappa shape index (κ2) is 4.47. The molecule has 0 radical (unpaired) electrons. The van der Waals surface area contributed by atoms with E-state index in [0.717, 1.165) is 5.57 Å². The van der Waals surface area contributed by atoms with E-state index in [1.165, 1.54) is 0 Å². The van der Waals surface area contributed by atoms with Gasteiger partial charge in [-0.3, -0.25) is 0 Å². The van der Waals surface area contributed by atoms with Crippen molar-refractivity contribution >= 4 is 0 Å². The number of hydrogen-bond acceptors (Lipinski definition) is 2. The highest BCUT2D eigenvalue weighted by atomic mass is 19.1. The Morgan fingerprint density at radius 2 is 1.96 bits per heavy atom. The van der Waals surface area contributed by atoms with E-state index in [2.05, 4.69) is 0 Å². The van der Waals surface area contributed by atoms with Gasteiger partial charge in [0.05, 0.1) is 6.10 Å². The van der Waals surface area contributed by atoms with Gasteiger partial charge in [0.2, 0.25) is 0 Å². The molecule has 0 heterocycles. The number of aliphatic hydroxyl groups is 2. The van der Waals surface area contributed by atoms with Gasteiger partial charge in [0.15, 0.2) is 0 Å². The maximum absolute atomic E-state index is 16.3. The molecule has 0 aromatic rings. The van der Waals surface area contributed by atoms with E-state index in [9.17, 15) is 14.6 Å². The normalized spacial score (nSPS) is 54.7. The Kier molecular flexibility index (Phi) is 2.99. The summed E-state index contributed by atoms with van der Waals surface area (Å²) in [7, 11) is 0. The van der Waals surface area contributed by atoms with Crippen LogP contribution in [0.25, 0.3) is 0 Å². The van der Waals surface area contributed by atoms with Crippen LogP contribution in [0.5, 0.6) is 0 Å². The Labute approximate surface area is 135 Å². The average molecular weight is 322 g/mol. The van der Waals surface area contributed by atoms with Gasteiger partial charge in [-0.2, -0.15) is 0 Å². The van der Waals surface area contributed by atoms with Gasteiger partial charge in [-0.15, -0.1) is 0 Å². The molecule has 0 spiro atoms. The molecular weight excluding hydrogens is 298 g/mol. The second-order valence-electron chi connectivity index (χ2n) is 8.28. The largest absolute Gasteiger partial charge is 0.508 e. The minimum absolute atomic E-state index is 0.145. The summed E-state index contributed by atoms with van der Waals surface area (Å²) in [5, 5.41) is 20.0. The van der Waals surface area contributed by atoms with Crippen molar-refractivity contribution in [1.82, 2.24) is 0 Å². The topological polar surface area (TPSA) is 40.5 Å². The van der Waals surface area contributed by atoms with Crippen LogP contribution in [0.4, 0.5) is 8.78 Å². The number of rotatable bonds is 0. The molecular formula is C19H24F2O2. The fraction of sp³-hybridized carbons (Fsp3) is 0.684. The van der Waals surface area contributed by atoms with Crippen molar-refractivity contribution < 1.29 is 19.0 Å². The molecule has 0 unspecified atom stereocenters. The van der Waals surface area contributed by atoms with Gasteiger partial charge in [-0.1, -0.05) is 19.1 Å². The highest BCUT2D eigenvalue weighted by molar-refractivity contribution is 5.46. The van der Waals surface area contributed by atoms with E-state index in [1.54, 1.807) is 18.2 Å². The van der Waals surface area contributed by atoms with E-state index >= 15 is 4.39 Å². The highest BCUT2D eigenvalue weighted by Crippen LogP contribution is 2.67. The predicted molar refractivity (Wildman–Crippen MR) is 84.3 cm³/mol. The molecule has 4 rings (SSSR count). The predicted octanol–water partition coefficient (Wildman–Crippen LogP) is 4.18. The summed E-state index contributed by atoms with van der Waals surface area (Å²) in [6.45, 7) is 3.80. The van der Waals surface area contributed by atoms with E-state index in [4.69, 9.17) is 0 Å². The molecule has 0 aromatic heterocycles. The maximum atomic E-state index is 16.3. The molecule has 0 aromatic carbocycles. The third-order valence-corrected chi connectivity index (χ3v) is 7.39. The van der Waals surface area contributed by atoms with Crippen LogP contribution in [0.15, 0.2) is 35.6 Å². The van der Waals surface area contributed by atoms with Crippen LogP contribution in [0.1, 0.15) is 39.5 Å². The molecule has 4 aliphatic carbocycles. The van der Waals surface area contributed by atoms with Crippen LogP contribution in [0, 0.1) is 22.7 Å². The fourth-order valence-electron chi connectivity index (χ4n) is 5.79. The quantitative estimate of drug-likeness (QED) is 0.702. The first-order chi connectivity index (χ1) is 10.7. The van der Waals surface area contributed by atoms with Gasteiger partial charge in [0, 0.05) is 11.3 Å². The number of halogens is 2. The minimum atomic E-state index is -1.46. The van der Waals surface area contributed by atoms with Gasteiger partial charge in [0.1, 0.15) is 17.6 Å². The molecule has 23 heavy (non-hydrogen) atoms. The zero-order valence-electron chi connectivity index (χ0n) is 13.6. The number of hydrogen-bond donors (Lipinski definition) is 2. The minimum Gasteiger partial charge on any atom is -0.508 e. The third-order valence-electron chi connectivity index (χ3n) is 7.39. The maximum Gasteiger partial charge on any atom is 0.127 e. The number of fused-ring (bicyclic) bond motifs is 5. The zero-order chi connectivity index (χ0) is 16.6. The first-order valence-electron chi connectivity index (χ1n) is 8.54. The molecule has 2 saturated carbocycles. The molecule has 126 valence electrons. The van der Waals surface area contributed by atoms with E-state index in [1.807, 2.05) is 19.9 Å². The Bertz CT molecular complexity index is 639. The Balaban J connectivity index is 1.80. The Morgan fingerprint density at radius 3 is 2.70 bits per heavy atom. The lowest BCUT2D eigenvalue weighted by Crippen LogP contribution is -2.59. The smallest absolute Gasteiger partial charge is 0.127 e. The molecule has 2 nitrogen and oxygen atoms in total. The summed E-state index contributed by atoms with van der Waals surface area (Å²) in [6.07, 6.45) is 6.34. The van der Waals surface area contributed by atoms with E-state index in [-0.39, 0.29) is 24.0 Å². The summed E-state index contributed by atoms with van der Waals surface area (Å²) < 4.78 is 30.5. The van der Waals surface area contributed by atoms with Crippen LogP contribution in [0.3, 0.4) is 0 Å². The van der Waals surface area contributed by atoms with Gasteiger partial charge in [0.25, 0.3) is 0 Å². The highest BCUT2D eigenvalue weighted by Gasteiger charge is 2.67. The van der Waals surface area contributed by atoms with Crippen molar-refractivity contribution in [3.05, 3.63) is 35.6 Å².